The number of nitrogens with one attached hydrogen (secondary N) is 1. The van der Waals surface area contributed by atoms with Crippen LogP contribution in [0.4, 0.5) is 0 Å². The molecule has 4 heteroatoms. The molecule has 0 aliphatic heterocycles. The molecule has 3 rings (SSSR count). The Morgan fingerprint density at radius 3 is 2.76 bits per heavy atom. The van der Waals surface area contributed by atoms with Crippen LogP contribution in [0.15, 0.2) is 53.3 Å². The van der Waals surface area contributed by atoms with Crippen LogP contribution in [0.3, 0.4) is 0 Å². The molecule has 0 aliphatic carbocycles. The number of hydrogen-bond donors (Lipinski definition) is 1. The quantitative estimate of drug-likeness (QED) is 0.734. The number of nitrogens with zero attached hydrogens (tertiary/aromatic N) is 1. The van der Waals surface area contributed by atoms with Gasteiger partial charge in [0.1, 0.15) is 0 Å². The fourth-order valence-corrected chi connectivity index (χ4v) is 3.32. The van der Waals surface area contributed by atoms with Gasteiger partial charge in [-0.2, -0.15) is 0 Å². The van der Waals surface area contributed by atoms with Crippen molar-refractivity contribution in [1.82, 2.24) is 9.88 Å². The Hall–Kier alpha value is -1.91. The molecular formula is C17H18N2OS. The van der Waals surface area contributed by atoms with E-state index in [1.807, 2.05) is 46.2 Å². The molecule has 108 valence electrons. The second-order valence-electron chi connectivity index (χ2n) is 5.07. The van der Waals surface area contributed by atoms with E-state index in [0.29, 0.717) is 6.54 Å². The van der Waals surface area contributed by atoms with E-state index in [1.54, 1.807) is 6.07 Å². The number of para-hydroxylation sites is 1. The third-order valence-electron chi connectivity index (χ3n) is 3.51. The summed E-state index contributed by atoms with van der Waals surface area (Å²) < 4.78 is 1.84. The maximum Gasteiger partial charge on any atom is 0.251 e. The summed E-state index contributed by atoms with van der Waals surface area (Å²) in [4.78, 5) is 14.7. The molecule has 21 heavy (non-hydrogen) atoms. The highest BCUT2D eigenvalue weighted by Crippen LogP contribution is 2.14. The first-order valence-electron chi connectivity index (χ1n) is 7.09. The van der Waals surface area contributed by atoms with Crippen LogP contribution in [0.1, 0.15) is 9.75 Å². The summed E-state index contributed by atoms with van der Waals surface area (Å²) in [6.45, 7) is 4.44. The van der Waals surface area contributed by atoms with Crippen LogP contribution in [-0.2, 0) is 13.1 Å². The van der Waals surface area contributed by atoms with Crippen molar-refractivity contribution in [3.05, 3.63) is 68.6 Å². The summed E-state index contributed by atoms with van der Waals surface area (Å²) in [6.07, 6.45) is 0. The lowest BCUT2D eigenvalue weighted by molar-refractivity contribution is 0.601. The monoisotopic (exact) mass is 298 g/mol. The van der Waals surface area contributed by atoms with Gasteiger partial charge in [-0.25, -0.2) is 0 Å². The standard InChI is InChI=1S/C17H18N2OS/c1-13-6-8-15(21-13)12-18-10-11-19-16-5-3-2-4-14(16)7-9-17(19)20/h2-9,18H,10-12H2,1H3. The topological polar surface area (TPSA) is 34.0 Å². The molecule has 0 aliphatic rings. The average Bonchev–Trinajstić information content (AvgIpc) is 2.91. The second kappa shape index (κ2) is 6.24. The largest absolute Gasteiger partial charge is 0.310 e. The van der Waals surface area contributed by atoms with Gasteiger partial charge in [0.15, 0.2) is 0 Å². The number of rotatable bonds is 5. The van der Waals surface area contributed by atoms with Gasteiger partial charge in [-0.1, -0.05) is 18.2 Å². The summed E-state index contributed by atoms with van der Waals surface area (Å²) >= 11 is 1.81. The van der Waals surface area contributed by atoms with Gasteiger partial charge in [0.2, 0.25) is 0 Å². The van der Waals surface area contributed by atoms with Crippen LogP contribution in [0.25, 0.3) is 10.9 Å². The highest BCUT2D eigenvalue weighted by molar-refractivity contribution is 7.11. The summed E-state index contributed by atoms with van der Waals surface area (Å²) in [7, 11) is 0. The van der Waals surface area contributed by atoms with Crippen molar-refractivity contribution < 1.29 is 0 Å². The number of pyridine rings is 1. The number of hydrogen-bond acceptors (Lipinski definition) is 3. The summed E-state index contributed by atoms with van der Waals surface area (Å²) in [5.41, 5.74) is 1.06. The Labute approximate surface area is 127 Å². The molecule has 0 radical (unpaired) electrons. The number of fused-ring (bicyclic) bond motifs is 1. The molecule has 0 amide bonds. The van der Waals surface area contributed by atoms with Crippen molar-refractivity contribution in [1.29, 1.82) is 0 Å². The van der Waals surface area contributed by atoms with Gasteiger partial charge in [0.05, 0.1) is 5.52 Å². The van der Waals surface area contributed by atoms with Crippen LogP contribution in [0.5, 0.6) is 0 Å². The average molecular weight is 298 g/mol. The molecule has 0 atom stereocenters. The molecule has 0 bridgehead atoms. The molecule has 0 saturated carbocycles. The highest BCUT2D eigenvalue weighted by Gasteiger charge is 2.02. The van der Waals surface area contributed by atoms with Crippen molar-refractivity contribution in [2.24, 2.45) is 0 Å². The van der Waals surface area contributed by atoms with Crippen molar-refractivity contribution in [3.63, 3.8) is 0 Å². The minimum Gasteiger partial charge on any atom is -0.310 e. The van der Waals surface area contributed by atoms with Gasteiger partial charge < -0.3 is 9.88 Å². The summed E-state index contributed by atoms with van der Waals surface area (Å²) in [5, 5.41) is 4.51. The van der Waals surface area contributed by atoms with Crippen molar-refractivity contribution in [3.8, 4) is 0 Å². The zero-order valence-electron chi connectivity index (χ0n) is 12.0. The fourth-order valence-electron chi connectivity index (χ4n) is 2.46. The first-order valence-corrected chi connectivity index (χ1v) is 7.90. The van der Waals surface area contributed by atoms with Gasteiger partial charge in [-0.15, -0.1) is 11.3 Å². The van der Waals surface area contributed by atoms with Crippen LogP contribution in [0, 0.1) is 6.92 Å². The van der Waals surface area contributed by atoms with Crippen LogP contribution in [-0.4, -0.2) is 11.1 Å². The zero-order chi connectivity index (χ0) is 14.7. The van der Waals surface area contributed by atoms with Gasteiger partial charge >= 0.3 is 0 Å². The molecule has 2 heterocycles. The Kier molecular flexibility index (Phi) is 4.18. The van der Waals surface area contributed by atoms with E-state index in [9.17, 15) is 4.79 Å². The molecular weight excluding hydrogens is 280 g/mol. The molecule has 1 aromatic carbocycles. The minimum absolute atomic E-state index is 0.0578. The second-order valence-corrected chi connectivity index (χ2v) is 6.44. The normalized spacial score (nSPS) is 11.1. The number of aromatic nitrogens is 1. The van der Waals surface area contributed by atoms with Crippen LogP contribution in [0.2, 0.25) is 0 Å². The third kappa shape index (κ3) is 3.23. The maximum atomic E-state index is 12.0. The maximum absolute atomic E-state index is 12.0. The number of benzene rings is 1. The molecule has 3 aromatic rings. The summed E-state index contributed by atoms with van der Waals surface area (Å²) in [6, 6.07) is 15.8. The van der Waals surface area contributed by atoms with E-state index < -0.39 is 0 Å². The number of thiophene rings is 1. The Bertz CT molecular complexity index is 804. The summed E-state index contributed by atoms with van der Waals surface area (Å²) in [5.74, 6) is 0. The van der Waals surface area contributed by atoms with Crippen molar-refractivity contribution in [2.75, 3.05) is 6.54 Å². The number of aryl methyl sites for hydroxylation is 1. The van der Waals surface area contributed by atoms with Gasteiger partial charge in [0, 0.05) is 35.5 Å². The molecule has 3 nitrogen and oxygen atoms in total. The Morgan fingerprint density at radius 1 is 1.10 bits per heavy atom. The zero-order valence-corrected chi connectivity index (χ0v) is 12.8. The molecule has 0 fully saturated rings. The van der Waals surface area contributed by atoms with Gasteiger partial charge in [0.25, 0.3) is 5.56 Å². The van der Waals surface area contributed by atoms with Crippen molar-refractivity contribution >= 4 is 22.2 Å². The molecule has 0 saturated heterocycles. The molecule has 2 aromatic heterocycles. The van der Waals surface area contributed by atoms with E-state index in [-0.39, 0.29) is 5.56 Å². The SMILES string of the molecule is Cc1ccc(CNCCn2c(=O)ccc3ccccc32)s1. The van der Waals surface area contributed by atoms with Gasteiger partial charge in [-0.05, 0) is 36.6 Å². The Balaban J connectivity index is 1.68. The predicted molar refractivity (Wildman–Crippen MR) is 89.0 cm³/mol. The minimum atomic E-state index is 0.0578. The first kappa shape index (κ1) is 14.0. The van der Waals surface area contributed by atoms with E-state index in [4.69, 9.17) is 0 Å². The van der Waals surface area contributed by atoms with Crippen molar-refractivity contribution in [2.45, 2.75) is 20.0 Å². The highest BCUT2D eigenvalue weighted by atomic mass is 32.1. The Morgan fingerprint density at radius 2 is 1.95 bits per heavy atom. The first-order chi connectivity index (χ1) is 10.2. The van der Waals surface area contributed by atoms with Crippen LogP contribution >= 0.6 is 11.3 Å². The van der Waals surface area contributed by atoms with Gasteiger partial charge in [-0.3, -0.25) is 4.79 Å². The lowest BCUT2D eigenvalue weighted by Crippen LogP contribution is -2.26. The predicted octanol–water partition coefficient (Wildman–Crippen LogP) is 3.16. The lowest BCUT2D eigenvalue weighted by Gasteiger charge is -2.10. The molecule has 0 unspecified atom stereocenters. The lowest BCUT2D eigenvalue weighted by atomic mass is 10.2. The van der Waals surface area contributed by atoms with E-state index in [1.165, 1.54) is 9.75 Å². The fraction of sp³-hybridized carbons (Fsp3) is 0.235. The smallest absolute Gasteiger partial charge is 0.251 e. The molecule has 1 N–H and O–H groups in total. The molecule has 0 spiro atoms. The third-order valence-corrected chi connectivity index (χ3v) is 4.51. The van der Waals surface area contributed by atoms with Crippen LogP contribution < -0.4 is 10.9 Å². The van der Waals surface area contributed by atoms with E-state index in [2.05, 4.69) is 24.4 Å². The van der Waals surface area contributed by atoms with E-state index >= 15 is 0 Å². The van der Waals surface area contributed by atoms with E-state index in [0.717, 1.165) is 24.0 Å².